The van der Waals surface area contributed by atoms with Crippen LogP contribution in [0.3, 0.4) is 0 Å². The summed E-state index contributed by atoms with van der Waals surface area (Å²) in [5, 5.41) is 12.0. The molecule has 0 aromatic heterocycles. The molecule has 142 valence electrons. The van der Waals surface area contributed by atoms with E-state index < -0.39 is 21.9 Å². The quantitative estimate of drug-likeness (QED) is 0.704. The Morgan fingerprint density at radius 2 is 1.63 bits per heavy atom. The summed E-state index contributed by atoms with van der Waals surface area (Å²) in [5.74, 6) is -1.83. The molecule has 1 aliphatic rings. The van der Waals surface area contributed by atoms with Crippen molar-refractivity contribution in [1.29, 1.82) is 0 Å². The van der Waals surface area contributed by atoms with Crippen molar-refractivity contribution >= 4 is 27.6 Å². The highest BCUT2D eigenvalue weighted by Crippen LogP contribution is 2.26. The number of carboxylic acid groups (broad SMARTS) is 1. The van der Waals surface area contributed by atoms with Crippen LogP contribution in [0.5, 0.6) is 0 Å². The van der Waals surface area contributed by atoms with Crippen LogP contribution < -0.4 is 10.0 Å². The third-order valence-corrected chi connectivity index (χ3v) is 6.00. The lowest BCUT2D eigenvalue weighted by molar-refractivity contribution is -0.142. The van der Waals surface area contributed by atoms with E-state index in [1.807, 2.05) is 0 Å². The molecule has 27 heavy (non-hydrogen) atoms. The fraction of sp³-hybridized carbons (Fsp3) is 0.263. The topological polar surface area (TPSA) is 113 Å². The van der Waals surface area contributed by atoms with Gasteiger partial charge < -0.3 is 10.4 Å². The molecule has 0 unspecified atom stereocenters. The van der Waals surface area contributed by atoms with Crippen molar-refractivity contribution in [3.63, 3.8) is 0 Å². The standard InChI is InChI=1S/C19H20N2O5S/c22-18(20-17-8-4-7-16(17)19(23)24)13-9-11-14(12-10-13)21-27(25,26)15-5-2-1-3-6-15/h1-3,5-6,9-12,16-17,21H,4,7-8H2,(H,20,22)(H,23,24)/t16-,17+/m1/s1. The van der Waals surface area contributed by atoms with Crippen LogP contribution in [0.2, 0.25) is 0 Å². The summed E-state index contributed by atoms with van der Waals surface area (Å²) in [5.41, 5.74) is 0.674. The number of aliphatic carboxylic acids is 1. The molecule has 0 saturated heterocycles. The van der Waals surface area contributed by atoms with Gasteiger partial charge in [0.05, 0.1) is 10.8 Å². The van der Waals surface area contributed by atoms with Gasteiger partial charge in [0.1, 0.15) is 0 Å². The maximum absolute atomic E-state index is 12.3. The van der Waals surface area contributed by atoms with Gasteiger partial charge in [0.25, 0.3) is 15.9 Å². The largest absolute Gasteiger partial charge is 0.481 e. The van der Waals surface area contributed by atoms with Crippen molar-refractivity contribution in [3.8, 4) is 0 Å². The summed E-state index contributed by atoms with van der Waals surface area (Å²) in [6.45, 7) is 0. The molecule has 0 radical (unpaired) electrons. The Bertz CT molecular complexity index is 926. The van der Waals surface area contributed by atoms with Gasteiger partial charge in [0.15, 0.2) is 0 Å². The van der Waals surface area contributed by atoms with Gasteiger partial charge in [-0.2, -0.15) is 0 Å². The monoisotopic (exact) mass is 388 g/mol. The summed E-state index contributed by atoms with van der Waals surface area (Å²) in [4.78, 5) is 23.7. The van der Waals surface area contributed by atoms with E-state index in [4.69, 9.17) is 0 Å². The minimum atomic E-state index is -3.70. The number of carbonyl (C=O) groups is 2. The molecule has 8 heteroatoms. The molecular weight excluding hydrogens is 368 g/mol. The maximum Gasteiger partial charge on any atom is 0.308 e. The van der Waals surface area contributed by atoms with Gasteiger partial charge in [-0.15, -0.1) is 0 Å². The van der Waals surface area contributed by atoms with E-state index in [0.717, 1.165) is 6.42 Å². The van der Waals surface area contributed by atoms with E-state index in [0.29, 0.717) is 24.1 Å². The lowest BCUT2D eigenvalue weighted by Crippen LogP contribution is -2.40. The lowest BCUT2D eigenvalue weighted by atomic mass is 10.0. The van der Waals surface area contributed by atoms with Gasteiger partial charge in [-0.1, -0.05) is 24.6 Å². The molecule has 1 aliphatic carbocycles. The molecule has 2 atom stereocenters. The number of carbonyl (C=O) groups excluding carboxylic acids is 1. The maximum atomic E-state index is 12.3. The van der Waals surface area contributed by atoms with Crippen LogP contribution in [0, 0.1) is 5.92 Å². The third kappa shape index (κ3) is 4.46. The minimum absolute atomic E-state index is 0.146. The highest BCUT2D eigenvalue weighted by atomic mass is 32.2. The molecular formula is C19H20N2O5S. The van der Waals surface area contributed by atoms with Gasteiger partial charge in [0.2, 0.25) is 0 Å². The number of rotatable bonds is 6. The molecule has 2 aromatic carbocycles. The van der Waals surface area contributed by atoms with Gasteiger partial charge in [-0.25, -0.2) is 8.42 Å². The highest BCUT2D eigenvalue weighted by Gasteiger charge is 2.34. The number of anilines is 1. The van der Waals surface area contributed by atoms with Crippen LogP contribution in [0.15, 0.2) is 59.5 Å². The van der Waals surface area contributed by atoms with Crippen LogP contribution in [0.4, 0.5) is 5.69 Å². The molecule has 3 rings (SSSR count). The Balaban J connectivity index is 1.66. The first kappa shape index (κ1) is 18.9. The van der Waals surface area contributed by atoms with E-state index in [9.17, 15) is 23.1 Å². The zero-order valence-electron chi connectivity index (χ0n) is 14.5. The Kier molecular flexibility index (Phi) is 5.46. The van der Waals surface area contributed by atoms with E-state index >= 15 is 0 Å². The highest BCUT2D eigenvalue weighted by molar-refractivity contribution is 7.92. The average Bonchev–Trinajstić information content (AvgIpc) is 3.11. The molecule has 0 spiro atoms. The van der Waals surface area contributed by atoms with Crippen LogP contribution in [-0.2, 0) is 14.8 Å². The zero-order chi connectivity index (χ0) is 19.4. The minimum Gasteiger partial charge on any atom is -0.481 e. The number of benzene rings is 2. The molecule has 0 bridgehead atoms. The van der Waals surface area contributed by atoms with Crippen LogP contribution >= 0.6 is 0 Å². The fourth-order valence-electron chi connectivity index (χ4n) is 3.18. The predicted molar refractivity (Wildman–Crippen MR) is 99.9 cm³/mol. The normalized spacial score (nSPS) is 19.4. The molecule has 0 heterocycles. The Morgan fingerprint density at radius 3 is 2.26 bits per heavy atom. The fourth-order valence-corrected chi connectivity index (χ4v) is 4.26. The van der Waals surface area contributed by atoms with E-state index in [-0.39, 0.29) is 16.8 Å². The first-order valence-electron chi connectivity index (χ1n) is 8.58. The molecule has 1 saturated carbocycles. The summed E-state index contributed by atoms with van der Waals surface area (Å²) < 4.78 is 27.1. The molecule has 1 fully saturated rings. The molecule has 0 aliphatic heterocycles. The summed E-state index contributed by atoms with van der Waals surface area (Å²) in [7, 11) is -3.70. The Labute approximate surface area is 157 Å². The zero-order valence-corrected chi connectivity index (χ0v) is 15.3. The van der Waals surface area contributed by atoms with Gasteiger partial charge in [-0.3, -0.25) is 14.3 Å². The number of hydrogen-bond donors (Lipinski definition) is 3. The molecule has 2 aromatic rings. The molecule has 7 nitrogen and oxygen atoms in total. The van der Waals surface area contributed by atoms with Crippen molar-refractivity contribution in [2.24, 2.45) is 5.92 Å². The average molecular weight is 388 g/mol. The van der Waals surface area contributed by atoms with Crippen molar-refractivity contribution in [1.82, 2.24) is 5.32 Å². The van der Waals surface area contributed by atoms with Crippen molar-refractivity contribution in [3.05, 3.63) is 60.2 Å². The Morgan fingerprint density at radius 1 is 0.963 bits per heavy atom. The summed E-state index contributed by atoms with van der Waals surface area (Å²) in [6, 6.07) is 13.6. The predicted octanol–water partition coefficient (Wildman–Crippen LogP) is 2.47. The van der Waals surface area contributed by atoms with Crippen LogP contribution in [0.25, 0.3) is 0 Å². The second-order valence-electron chi connectivity index (χ2n) is 6.45. The first-order chi connectivity index (χ1) is 12.9. The van der Waals surface area contributed by atoms with Crippen molar-refractivity contribution in [2.45, 2.75) is 30.2 Å². The van der Waals surface area contributed by atoms with Gasteiger partial charge in [0, 0.05) is 17.3 Å². The van der Waals surface area contributed by atoms with Gasteiger partial charge >= 0.3 is 5.97 Å². The van der Waals surface area contributed by atoms with E-state index in [1.54, 1.807) is 18.2 Å². The summed E-state index contributed by atoms with van der Waals surface area (Å²) >= 11 is 0. The second-order valence-corrected chi connectivity index (χ2v) is 8.13. The second kappa shape index (κ2) is 7.79. The lowest BCUT2D eigenvalue weighted by Gasteiger charge is -2.17. The molecule has 3 N–H and O–H groups in total. The SMILES string of the molecule is O=C(N[C@H]1CCC[C@H]1C(=O)O)c1ccc(NS(=O)(=O)c2ccccc2)cc1. The van der Waals surface area contributed by atoms with Crippen molar-refractivity contribution < 1.29 is 23.1 Å². The number of hydrogen-bond acceptors (Lipinski definition) is 4. The Hall–Kier alpha value is -2.87. The van der Waals surface area contributed by atoms with E-state index in [2.05, 4.69) is 10.0 Å². The van der Waals surface area contributed by atoms with E-state index in [1.165, 1.54) is 36.4 Å². The van der Waals surface area contributed by atoms with Gasteiger partial charge in [-0.05, 0) is 49.2 Å². The number of nitrogens with one attached hydrogen (secondary N) is 2. The number of carboxylic acids is 1. The van der Waals surface area contributed by atoms with Crippen LogP contribution in [0.1, 0.15) is 29.6 Å². The van der Waals surface area contributed by atoms with Crippen molar-refractivity contribution in [2.75, 3.05) is 4.72 Å². The number of sulfonamides is 1. The first-order valence-corrected chi connectivity index (χ1v) is 10.1. The third-order valence-electron chi connectivity index (χ3n) is 4.60. The van der Waals surface area contributed by atoms with Crippen LogP contribution in [-0.4, -0.2) is 31.4 Å². The number of amides is 1. The molecule has 1 amide bonds. The summed E-state index contributed by atoms with van der Waals surface area (Å²) in [6.07, 6.45) is 1.96. The smallest absolute Gasteiger partial charge is 0.308 e.